The van der Waals surface area contributed by atoms with E-state index >= 15 is 0 Å². The molecule has 0 heterocycles. The number of carbonyl (C=O) groups excluding carboxylic acids is 1. The Morgan fingerprint density at radius 2 is 1.76 bits per heavy atom. The molecule has 0 fully saturated rings. The van der Waals surface area contributed by atoms with Crippen LogP contribution < -0.4 is 15.4 Å². The summed E-state index contributed by atoms with van der Waals surface area (Å²) in [6.07, 6.45) is -4.79. The third-order valence-corrected chi connectivity index (χ3v) is 3.28. The number of thiocarbonyl (C=S) groups is 1. The van der Waals surface area contributed by atoms with Gasteiger partial charge >= 0.3 is 6.36 Å². The summed E-state index contributed by atoms with van der Waals surface area (Å²) >= 11 is 10.7. The standard InChI is InChI=1S/C15H9ClF4N2O2S/c16-10-2-1-3-11(17)12(10)13(23)22-14(25)21-8-4-6-9(7-5-8)24-15(18,19)20/h1-7H,(H2,21,22,23,25). The number of benzene rings is 2. The van der Waals surface area contributed by atoms with Crippen molar-refractivity contribution in [1.29, 1.82) is 0 Å². The number of alkyl halides is 3. The van der Waals surface area contributed by atoms with Crippen molar-refractivity contribution in [2.24, 2.45) is 0 Å². The Kier molecular flexibility index (Phi) is 5.81. The quantitative estimate of drug-likeness (QED) is 0.596. The normalized spacial score (nSPS) is 10.9. The lowest BCUT2D eigenvalue weighted by Gasteiger charge is -2.12. The molecule has 0 atom stereocenters. The largest absolute Gasteiger partial charge is 0.573 e. The van der Waals surface area contributed by atoms with Crippen LogP contribution in [0.15, 0.2) is 42.5 Å². The van der Waals surface area contributed by atoms with E-state index in [0.29, 0.717) is 5.69 Å². The third kappa shape index (κ3) is 5.57. The highest BCUT2D eigenvalue weighted by atomic mass is 35.5. The Balaban J connectivity index is 1.99. The van der Waals surface area contributed by atoms with Gasteiger partial charge in [0.05, 0.1) is 10.6 Å². The SMILES string of the molecule is O=C(NC(=S)Nc1ccc(OC(F)(F)F)cc1)c1c(F)cccc1Cl. The second kappa shape index (κ2) is 7.66. The van der Waals surface area contributed by atoms with E-state index in [1.54, 1.807) is 0 Å². The molecule has 0 aromatic heterocycles. The smallest absolute Gasteiger partial charge is 0.406 e. The Morgan fingerprint density at radius 3 is 2.32 bits per heavy atom. The minimum atomic E-state index is -4.79. The number of amides is 1. The zero-order valence-electron chi connectivity index (χ0n) is 12.2. The molecular weight excluding hydrogens is 384 g/mol. The fraction of sp³-hybridized carbons (Fsp3) is 0.0667. The monoisotopic (exact) mass is 392 g/mol. The molecule has 2 rings (SSSR count). The molecule has 132 valence electrons. The fourth-order valence-electron chi connectivity index (χ4n) is 1.78. The molecule has 10 heteroatoms. The molecule has 0 radical (unpaired) electrons. The second-order valence-corrected chi connectivity index (χ2v) is 5.39. The summed E-state index contributed by atoms with van der Waals surface area (Å²) < 4.78 is 53.6. The van der Waals surface area contributed by atoms with Crippen molar-refractivity contribution >= 4 is 40.5 Å². The van der Waals surface area contributed by atoms with Crippen molar-refractivity contribution in [3.63, 3.8) is 0 Å². The van der Waals surface area contributed by atoms with E-state index in [-0.39, 0.29) is 15.7 Å². The van der Waals surface area contributed by atoms with Crippen molar-refractivity contribution in [2.45, 2.75) is 6.36 Å². The van der Waals surface area contributed by atoms with Crippen LogP contribution in [0.1, 0.15) is 10.4 Å². The van der Waals surface area contributed by atoms with E-state index in [2.05, 4.69) is 15.4 Å². The van der Waals surface area contributed by atoms with Crippen molar-refractivity contribution in [3.8, 4) is 5.75 Å². The number of anilines is 1. The van der Waals surface area contributed by atoms with Gasteiger partial charge in [-0.3, -0.25) is 10.1 Å². The number of hydrogen-bond donors (Lipinski definition) is 2. The van der Waals surface area contributed by atoms with Crippen LogP contribution in [0, 0.1) is 5.82 Å². The van der Waals surface area contributed by atoms with E-state index in [1.807, 2.05) is 0 Å². The molecule has 0 aliphatic rings. The molecule has 4 nitrogen and oxygen atoms in total. The first-order chi connectivity index (χ1) is 11.7. The highest BCUT2D eigenvalue weighted by Crippen LogP contribution is 2.24. The molecule has 1 amide bonds. The Labute approximate surface area is 149 Å². The van der Waals surface area contributed by atoms with Gasteiger partial charge in [0.25, 0.3) is 5.91 Å². The number of nitrogens with one attached hydrogen (secondary N) is 2. The predicted octanol–water partition coefficient (Wildman–Crippen LogP) is 4.50. The van der Waals surface area contributed by atoms with Gasteiger partial charge in [-0.2, -0.15) is 0 Å². The molecule has 2 aromatic rings. The van der Waals surface area contributed by atoms with Gasteiger partial charge in [0.1, 0.15) is 11.6 Å². The van der Waals surface area contributed by atoms with Gasteiger partial charge in [-0.05, 0) is 48.6 Å². The fourth-order valence-corrected chi connectivity index (χ4v) is 2.24. The van der Waals surface area contributed by atoms with E-state index in [1.165, 1.54) is 24.3 Å². The minimum Gasteiger partial charge on any atom is -0.406 e. The van der Waals surface area contributed by atoms with Crippen LogP contribution in [0.2, 0.25) is 5.02 Å². The van der Waals surface area contributed by atoms with E-state index in [4.69, 9.17) is 23.8 Å². The summed E-state index contributed by atoms with van der Waals surface area (Å²) in [6, 6.07) is 8.40. The summed E-state index contributed by atoms with van der Waals surface area (Å²) in [5.41, 5.74) is -0.0818. The van der Waals surface area contributed by atoms with E-state index in [0.717, 1.165) is 18.2 Å². The molecule has 0 unspecified atom stereocenters. The molecule has 2 aromatic carbocycles. The van der Waals surface area contributed by atoms with Crippen molar-refractivity contribution < 1.29 is 27.1 Å². The number of carbonyl (C=O) groups is 1. The van der Waals surface area contributed by atoms with Gasteiger partial charge < -0.3 is 10.1 Å². The van der Waals surface area contributed by atoms with Gasteiger partial charge in [-0.1, -0.05) is 17.7 Å². The maximum Gasteiger partial charge on any atom is 0.573 e. The van der Waals surface area contributed by atoms with E-state index < -0.39 is 23.8 Å². The second-order valence-electron chi connectivity index (χ2n) is 4.58. The summed E-state index contributed by atoms with van der Waals surface area (Å²) in [6.45, 7) is 0. The lowest BCUT2D eigenvalue weighted by molar-refractivity contribution is -0.274. The molecular formula is C15H9ClF4N2O2S. The summed E-state index contributed by atoms with van der Waals surface area (Å²) in [5, 5.41) is 4.52. The van der Waals surface area contributed by atoms with Crippen molar-refractivity contribution in [3.05, 3.63) is 58.9 Å². The van der Waals surface area contributed by atoms with Crippen LogP contribution in [-0.2, 0) is 0 Å². The predicted molar refractivity (Wildman–Crippen MR) is 88.2 cm³/mol. The number of rotatable bonds is 3. The summed E-state index contributed by atoms with van der Waals surface area (Å²) in [7, 11) is 0. The maximum absolute atomic E-state index is 13.6. The number of hydrogen-bond acceptors (Lipinski definition) is 3. The van der Waals surface area contributed by atoms with Gasteiger partial charge in [0.2, 0.25) is 0 Å². The minimum absolute atomic E-state index is 0.0889. The maximum atomic E-state index is 13.6. The molecule has 0 bridgehead atoms. The molecule has 0 aliphatic carbocycles. The lowest BCUT2D eigenvalue weighted by Crippen LogP contribution is -2.34. The molecule has 0 spiro atoms. The molecule has 0 saturated heterocycles. The summed E-state index contributed by atoms with van der Waals surface area (Å²) in [4.78, 5) is 12.0. The first-order valence-corrected chi connectivity index (χ1v) is 7.36. The highest BCUT2D eigenvalue weighted by Gasteiger charge is 2.30. The van der Waals surface area contributed by atoms with Crippen LogP contribution in [0.25, 0.3) is 0 Å². The van der Waals surface area contributed by atoms with Crippen molar-refractivity contribution in [2.75, 3.05) is 5.32 Å². The average Bonchev–Trinajstić information content (AvgIpc) is 2.47. The molecule has 25 heavy (non-hydrogen) atoms. The zero-order valence-corrected chi connectivity index (χ0v) is 13.7. The molecule has 2 N–H and O–H groups in total. The molecule has 0 aliphatic heterocycles. The first kappa shape index (κ1) is 18.9. The lowest BCUT2D eigenvalue weighted by atomic mass is 10.2. The number of ether oxygens (including phenoxy) is 1. The van der Waals surface area contributed by atoms with Crippen LogP contribution in [0.5, 0.6) is 5.75 Å². The third-order valence-electron chi connectivity index (χ3n) is 2.76. The molecule has 0 saturated carbocycles. The van der Waals surface area contributed by atoms with Gasteiger partial charge in [0, 0.05) is 5.69 Å². The van der Waals surface area contributed by atoms with E-state index in [9.17, 15) is 22.4 Å². The van der Waals surface area contributed by atoms with Crippen LogP contribution in [0.3, 0.4) is 0 Å². The van der Waals surface area contributed by atoms with Gasteiger partial charge in [-0.25, -0.2) is 4.39 Å². The van der Waals surface area contributed by atoms with Gasteiger partial charge in [-0.15, -0.1) is 13.2 Å². The number of halogens is 5. The zero-order chi connectivity index (χ0) is 18.6. The van der Waals surface area contributed by atoms with Crippen LogP contribution in [-0.4, -0.2) is 17.4 Å². The van der Waals surface area contributed by atoms with Gasteiger partial charge in [0.15, 0.2) is 5.11 Å². The first-order valence-electron chi connectivity index (χ1n) is 6.58. The van der Waals surface area contributed by atoms with Crippen LogP contribution in [0.4, 0.5) is 23.2 Å². The van der Waals surface area contributed by atoms with Crippen molar-refractivity contribution in [1.82, 2.24) is 5.32 Å². The topological polar surface area (TPSA) is 50.4 Å². The Bertz CT molecular complexity index is 777. The van der Waals surface area contributed by atoms with Crippen LogP contribution >= 0.6 is 23.8 Å². The highest BCUT2D eigenvalue weighted by molar-refractivity contribution is 7.80. The summed E-state index contributed by atoms with van der Waals surface area (Å²) in [5.74, 6) is -2.09. The average molecular weight is 393 g/mol. The Morgan fingerprint density at radius 1 is 1.12 bits per heavy atom. The Hall–Kier alpha value is -2.39.